The lowest BCUT2D eigenvalue weighted by atomic mass is 9.97. The van der Waals surface area contributed by atoms with Crippen molar-refractivity contribution < 1.29 is 4.79 Å². The zero-order valence-electron chi connectivity index (χ0n) is 11.5. The number of nitrogens with one attached hydrogen (secondary N) is 1. The molecule has 0 aliphatic heterocycles. The van der Waals surface area contributed by atoms with Gasteiger partial charge in [-0.1, -0.05) is 55.9 Å². The summed E-state index contributed by atoms with van der Waals surface area (Å²) < 4.78 is 0.859. The molecule has 4 nitrogen and oxygen atoms in total. The molecular formula is C13H21N3OS2. The Morgan fingerprint density at radius 2 is 2.11 bits per heavy atom. The molecule has 0 aliphatic rings. The predicted octanol–water partition coefficient (Wildman–Crippen LogP) is 3.97. The Hall–Kier alpha value is -0.880. The molecule has 1 heterocycles. The van der Waals surface area contributed by atoms with Crippen LogP contribution < -0.4 is 5.32 Å². The van der Waals surface area contributed by atoms with E-state index in [0.717, 1.165) is 35.8 Å². The van der Waals surface area contributed by atoms with Crippen molar-refractivity contribution in [1.82, 2.24) is 10.2 Å². The Kier molecular flexibility index (Phi) is 7.74. The normalized spacial score (nSPS) is 10.7. The average molecular weight is 299 g/mol. The van der Waals surface area contributed by atoms with Gasteiger partial charge in [0.05, 0.1) is 0 Å². The fourth-order valence-electron chi connectivity index (χ4n) is 1.76. The number of amides is 1. The minimum absolute atomic E-state index is 0.0696. The van der Waals surface area contributed by atoms with Crippen LogP contribution in [0, 0.1) is 5.92 Å². The number of carbonyl (C=O) groups is 1. The second-order valence-corrected chi connectivity index (χ2v) is 6.48. The van der Waals surface area contributed by atoms with Crippen molar-refractivity contribution in [2.45, 2.75) is 43.9 Å². The number of thioether (sulfide) groups is 1. The van der Waals surface area contributed by atoms with Crippen LogP contribution in [0.1, 0.15) is 39.5 Å². The number of anilines is 1. The molecule has 6 heteroatoms. The van der Waals surface area contributed by atoms with Crippen LogP contribution in [-0.4, -0.2) is 21.9 Å². The predicted molar refractivity (Wildman–Crippen MR) is 82.8 cm³/mol. The number of carbonyl (C=O) groups excluding carboxylic acids is 1. The molecule has 0 bridgehead atoms. The molecule has 0 aliphatic carbocycles. The molecule has 0 fully saturated rings. The summed E-state index contributed by atoms with van der Waals surface area (Å²) in [7, 11) is 0. The molecule has 0 spiro atoms. The van der Waals surface area contributed by atoms with Crippen LogP contribution in [0.3, 0.4) is 0 Å². The fraction of sp³-hybridized carbons (Fsp3) is 0.615. The zero-order valence-corrected chi connectivity index (χ0v) is 13.1. The smallest absolute Gasteiger partial charge is 0.229 e. The maximum absolute atomic E-state index is 12.1. The van der Waals surface area contributed by atoms with Crippen molar-refractivity contribution in [3.63, 3.8) is 0 Å². The van der Waals surface area contributed by atoms with E-state index in [-0.39, 0.29) is 11.8 Å². The van der Waals surface area contributed by atoms with Crippen molar-refractivity contribution in [2.24, 2.45) is 5.92 Å². The molecule has 19 heavy (non-hydrogen) atoms. The second kappa shape index (κ2) is 9.09. The van der Waals surface area contributed by atoms with Crippen molar-refractivity contribution in [3.8, 4) is 0 Å². The maximum atomic E-state index is 12.1. The van der Waals surface area contributed by atoms with Gasteiger partial charge in [0.25, 0.3) is 0 Å². The SMILES string of the molecule is C=CCSc1nnc(NC(=O)C(CCC)CCC)s1. The molecule has 0 aromatic carbocycles. The highest BCUT2D eigenvalue weighted by Gasteiger charge is 2.18. The summed E-state index contributed by atoms with van der Waals surface area (Å²) in [5.41, 5.74) is 0. The first-order valence-electron chi connectivity index (χ1n) is 6.59. The Bertz CT molecular complexity index is 400. The van der Waals surface area contributed by atoms with Gasteiger partial charge in [-0.15, -0.1) is 16.8 Å². The summed E-state index contributed by atoms with van der Waals surface area (Å²) in [5, 5.41) is 11.5. The fourth-order valence-corrected chi connectivity index (χ4v) is 3.28. The number of aromatic nitrogens is 2. The van der Waals surface area contributed by atoms with Crippen LogP contribution in [-0.2, 0) is 4.79 Å². The van der Waals surface area contributed by atoms with Gasteiger partial charge >= 0.3 is 0 Å². The van der Waals surface area contributed by atoms with Crippen molar-refractivity contribution >= 4 is 34.1 Å². The highest BCUT2D eigenvalue weighted by molar-refractivity contribution is 8.01. The standard InChI is InChI=1S/C13H21N3OS2/c1-4-7-10(8-5-2)11(17)14-12-15-16-13(19-12)18-9-6-3/h6,10H,3-5,7-9H2,1-2H3,(H,14,15,17). The third-order valence-corrected chi connectivity index (χ3v) is 4.57. The van der Waals surface area contributed by atoms with Gasteiger partial charge in [0.1, 0.15) is 0 Å². The number of nitrogens with zero attached hydrogens (tertiary/aromatic N) is 2. The quantitative estimate of drug-likeness (QED) is 0.426. The van der Waals surface area contributed by atoms with Gasteiger partial charge in [0.2, 0.25) is 11.0 Å². The Morgan fingerprint density at radius 1 is 1.42 bits per heavy atom. The molecule has 0 saturated heterocycles. The van der Waals surface area contributed by atoms with Crippen molar-refractivity contribution in [2.75, 3.05) is 11.1 Å². The van der Waals surface area contributed by atoms with Crippen molar-refractivity contribution in [1.29, 1.82) is 0 Å². The minimum atomic E-state index is 0.0696. The lowest BCUT2D eigenvalue weighted by molar-refractivity contribution is -0.120. The van der Waals surface area contributed by atoms with E-state index in [1.807, 2.05) is 6.08 Å². The Morgan fingerprint density at radius 3 is 2.68 bits per heavy atom. The maximum Gasteiger partial charge on any atom is 0.229 e. The molecular weight excluding hydrogens is 278 g/mol. The van der Waals surface area contributed by atoms with Gasteiger partial charge in [-0.25, -0.2) is 0 Å². The molecule has 0 radical (unpaired) electrons. The third kappa shape index (κ3) is 5.74. The molecule has 0 saturated carbocycles. The van der Waals surface area contributed by atoms with E-state index < -0.39 is 0 Å². The molecule has 0 unspecified atom stereocenters. The Labute approximate surface area is 123 Å². The number of hydrogen-bond acceptors (Lipinski definition) is 5. The van der Waals surface area contributed by atoms with E-state index in [9.17, 15) is 4.79 Å². The summed E-state index contributed by atoms with van der Waals surface area (Å²) in [5.74, 6) is 0.958. The molecule has 1 rings (SSSR count). The lowest BCUT2D eigenvalue weighted by Crippen LogP contribution is -2.22. The molecule has 106 valence electrons. The molecule has 0 atom stereocenters. The van der Waals surface area contributed by atoms with Crippen LogP contribution in [0.15, 0.2) is 17.0 Å². The van der Waals surface area contributed by atoms with Gasteiger partial charge in [0.15, 0.2) is 4.34 Å². The second-order valence-electron chi connectivity index (χ2n) is 4.24. The van der Waals surface area contributed by atoms with Gasteiger partial charge in [-0.05, 0) is 12.8 Å². The topological polar surface area (TPSA) is 54.9 Å². The van der Waals surface area contributed by atoms with Gasteiger partial charge < -0.3 is 5.32 Å². The number of rotatable bonds is 9. The van der Waals surface area contributed by atoms with E-state index in [2.05, 4.69) is 35.9 Å². The molecule has 1 N–H and O–H groups in total. The summed E-state index contributed by atoms with van der Waals surface area (Å²) in [6.07, 6.45) is 5.72. The monoisotopic (exact) mass is 299 g/mol. The first-order valence-corrected chi connectivity index (χ1v) is 8.39. The van der Waals surface area contributed by atoms with Gasteiger partial charge in [0, 0.05) is 11.7 Å². The zero-order chi connectivity index (χ0) is 14.1. The third-order valence-electron chi connectivity index (χ3n) is 2.61. The first-order chi connectivity index (χ1) is 9.21. The lowest BCUT2D eigenvalue weighted by Gasteiger charge is -2.13. The van der Waals surface area contributed by atoms with Crippen LogP contribution in [0.2, 0.25) is 0 Å². The molecule has 1 amide bonds. The van der Waals surface area contributed by atoms with E-state index in [0.29, 0.717) is 5.13 Å². The van der Waals surface area contributed by atoms with E-state index in [4.69, 9.17) is 0 Å². The summed E-state index contributed by atoms with van der Waals surface area (Å²) in [6.45, 7) is 7.87. The summed E-state index contributed by atoms with van der Waals surface area (Å²) >= 11 is 2.99. The van der Waals surface area contributed by atoms with Crippen LogP contribution in [0.25, 0.3) is 0 Å². The van der Waals surface area contributed by atoms with Gasteiger partial charge in [-0.3, -0.25) is 4.79 Å². The van der Waals surface area contributed by atoms with E-state index in [1.54, 1.807) is 11.8 Å². The van der Waals surface area contributed by atoms with Crippen molar-refractivity contribution in [3.05, 3.63) is 12.7 Å². The highest BCUT2D eigenvalue weighted by atomic mass is 32.2. The first kappa shape index (κ1) is 16.2. The van der Waals surface area contributed by atoms with Gasteiger partial charge in [-0.2, -0.15) is 0 Å². The minimum Gasteiger partial charge on any atom is -0.300 e. The molecule has 1 aromatic rings. The van der Waals surface area contributed by atoms with Crippen LogP contribution in [0.4, 0.5) is 5.13 Å². The number of hydrogen-bond donors (Lipinski definition) is 1. The highest BCUT2D eigenvalue weighted by Crippen LogP contribution is 2.26. The van der Waals surface area contributed by atoms with Crippen LogP contribution >= 0.6 is 23.1 Å². The van der Waals surface area contributed by atoms with E-state index >= 15 is 0 Å². The average Bonchev–Trinajstić information content (AvgIpc) is 2.83. The van der Waals surface area contributed by atoms with Crippen LogP contribution in [0.5, 0.6) is 0 Å². The van der Waals surface area contributed by atoms with E-state index in [1.165, 1.54) is 11.3 Å². The Balaban J connectivity index is 2.54. The molecule has 1 aromatic heterocycles. The summed E-state index contributed by atoms with van der Waals surface area (Å²) in [4.78, 5) is 12.1. The largest absolute Gasteiger partial charge is 0.300 e. The summed E-state index contributed by atoms with van der Waals surface area (Å²) in [6, 6.07) is 0.